The van der Waals surface area contributed by atoms with Gasteiger partial charge in [-0.3, -0.25) is 4.79 Å². The molecule has 0 saturated heterocycles. The lowest BCUT2D eigenvalue weighted by molar-refractivity contribution is 0.102. The molecule has 2 aromatic carbocycles. The fourth-order valence-electron chi connectivity index (χ4n) is 5.03. The Morgan fingerprint density at radius 2 is 1.05 bits per heavy atom. The van der Waals surface area contributed by atoms with E-state index >= 15 is 0 Å². The summed E-state index contributed by atoms with van der Waals surface area (Å²) in [4.78, 5) is 13.3. The summed E-state index contributed by atoms with van der Waals surface area (Å²) in [7, 11) is 0. The van der Waals surface area contributed by atoms with Crippen LogP contribution in [0, 0.1) is 3.57 Å². The van der Waals surface area contributed by atoms with Crippen LogP contribution < -0.4 is 19.5 Å². The van der Waals surface area contributed by atoms with Gasteiger partial charge in [0.1, 0.15) is 9.32 Å². The largest absolute Gasteiger partial charge is 0.492 e. The summed E-state index contributed by atoms with van der Waals surface area (Å²) in [5, 5.41) is 3.13. The second-order valence-corrected chi connectivity index (χ2v) is 12.6. The number of nitrogens with one attached hydrogen (secondary N) is 1. The number of hydrogen-bond acceptors (Lipinski definition) is 4. The summed E-state index contributed by atoms with van der Waals surface area (Å²) < 4.78 is 20.1. The molecule has 0 atom stereocenters. The maximum Gasteiger partial charge on any atom is 0.255 e. The number of anilines is 1. The number of carbonyl (C=O) groups excluding carboxylic acids is 1. The number of benzene rings is 2. The Bertz CT molecular complexity index is 998. The van der Waals surface area contributed by atoms with Gasteiger partial charge in [-0.25, -0.2) is 0 Å². The highest BCUT2D eigenvalue weighted by Gasteiger charge is 2.23. The van der Waals surface area contributed by atoms with Gasteiger partial charge in [0, 0.05) is 11.6 Å². The maximum atomic E-state index is 13.3. The van der Waals surface area contributed by atoms with Crippen LogP contribution in [-0.2, 0) is 0 Å². The molecular formula is C37H58INO4. The van der Waals surface area contributed by atoms with Crippen molar-refractivity contribution in [2.45, 2.75) is 136 Å². The van der Waals surface area contributed by atoms with Crippen LogP contribution in [0.3, 0.4) is 0 Å². The third-order valence-electron chi connectivity index (χ3n) is 7.67. The first-order valence-corrected chi connectivity index (χ1v) is 18.3. The van der Waals surface area contributed by atoms with Crippen molar-refractivity contribution < 1.29 is 19.0 Å². The number of hydrogen-bond donors (Lipinski definition) is 1. The summed E-state index contributed by atoms with van der Waals surface area (Å²) in [6.07, 6.45) is 21.5. The summed E-state index contributed by atoms with van der Waals surface area (Å²) >= 11 is 2.33. The van der Waals surface area contributed by atoms with Gasteiger partial charge in [-0.1, -0.05) is 135 Å². The maximum absolute atomic E-state index is 13.3. The highest BCUT2D eigenvalue weighted by molar-refractivity contribution is 14.1. The van der Waals surface area contributed by atoms with E-state index in [1.807, 2.05) is 36.4 Å². The fourth-order valence-corrected chi connectivity index (χ4v) is 5.74. The summed E-state index contributed by atoms with van der Waals surface area (Å²) in [5.41, 5.74) is 1.21. The highest BCUT2D eigenvalue weighted by atomic mass is 127. The Morgan fingerprint density at radius 3 is 1.56 bits per heavy atom. The molecule has 0 heterocycles. The van der Waals surface area contributed by atoms with E-state index in [-0.39, 0.29) is 5.91 Å². The first-order chi connectivity index (χ1) is 21.1. The zero-order chi connectivity index (χ0) is 31.0. The zero-order valence-corrected chi connectivity index (χ0v) is 29.5. The second-order valence-electron chi connectivity index (χ2n) is 11.6. The van der Waals surface area contributed by atoms with E-state index in [0.717, 1.165) is 47.8 Å². The smallest absolute Gasteiger partial charge is 0.255 e. The number of amides is 1. The predicted octanol–water partition coefficient (Wildman–Crippen LogP) is 11.8. The third kappa shape index (κ3) is 15.6. The summed E-state index contributed by atoms with van der Waals surface area (Å²) in [6.45, 7) is 8.57. The molecule has 6 heteroatoms. The minimum atomic E-state index is -0.171. The first kappa shape index (κ1) is 37.2. The second kappa shape index (κ2) is 24.4. The van der Waals surface area contributed by atoms with Gasteiger partial charge in [0.2, 0.25) is 0 Å². The van der Waals surface area contributed by atoms with Crippen molar-refractivity contribution in [3.8, 4) is 17.2 Å². The van der Waals surface area contributed by atoms with Gasteiger partial charge in [0.15, 0.2) is 11.5 Å². The lowest BCUT2D eigenvalue weighted by Crippen LogP contribution is -2.15. The van der Waals surface area contributed by atoms with Crippen LogP contribution >= 0.6 is 22.6 Å². The molecule has 0 aromatic heterocycles. The van der Waals surface area contributed by atoms with Crippen LogP contribution in [0.15, 0.2) is 36.4 Å². The van der Waals surface area contributed by atoms with Crippen molar-refractivity contribution in [2.75, 3.05) is 25.1 Å². The van der Waals surface area contributed by atoms with Crippen molar-refractivity contribution in [1.29, 1.82) is 0 Å². The average Bonchev–Trinajstić information content (AvgIpc) is 3.02. The zero-order valence-electron chi connectivity index (χ0n) is 27.3. The van der Waals surface area contributed by atoms with Crippen LogP contribution in [0.2, 0.25) is 0 Å². The SMILES string of the molecule is CCCCCCCCOc1cc(NC(=O)c2ccccc2)c(OCCCCCCCC)c(OCCCCCCCC)c1I. The van der Waals surface area contributed by atoms with Gasteiger partial charge in [0.25, 0.3) is 5.91 Å². The van der Waals surface area contributed by atoms with E-state index in [2.05, 4.69) is 48.7 Å². The Hall–Kier alpha value is -1.96. The quantitative estimate of drug-likeness (QED) is 0.0781. The molecule has 0 radical (unpaired) electrons. The molecule has 0 aliphatic heterocycles. The molecule has 0 bridgehead atoms. The number of unbranched alkanes of at least 4 members (excludes halogenated alkanes) is 15. The molecule has 0 spiro atoms. The van der Waals surface area contributed by atoms with Crippen LogP contribution in [0.25, 0.3) is 0 Å². The van der Waals surface area contributed by atoms with E-state index in [1.165, 1.54) is 77.0 Å². The Kier molecular flexibility index (Phi) is 21.1. The first-order valence-electron chi connectivity index (χ1n) is 17.2. The van der Waals surface area contributed by atoms with Crippen LogP contribution in [0.4, 0.5) is 5.69 Å². The van der Waals surface area contributed by atoms with Crippen molar-refractivity contribution in [3.05, 3.63) is 45.5 Å². The van der Waals surface area contributed by atoms with E-state index in [1.54, 1.807) is 0 Å². The normalized spacial score (nSPS) is 11.0. The predicted molar refractivity (Wildman–Crippen MR) is 190 cm³/mol. The average molecular weight is 708 g/mol. The van der Waals surface area contributed by atoms with Crippen molar-refractivity contribution in [3.63, 3.8) is 0 Å². The Labute approximate surface area is 276 Å². The van der Waals surface area contributed by atoms with E-state index in [4.69, 9.17) is 14.2 Å². The van der Waals surface area contributed by atoms with E-state index < -0.39 is 0 Å². The molecule has 0 aliphatic rings. The molecule has 2 rings (SSSR count). The number of ether oxygens (including phenoxy) is 3. The molecule has 43 heavy (non-hydrogen) atoms. The van der Waals surface area contributed by atoms with Crippen LogP contribution in [0.1, 0.15) is 147 Å². The molecule has 1 N–H and O–H groups in total. The Morgan fingerprint density at radius 1 is 0.605 bits per heavy atom. The van der Waals surface area contributed by atoms with Crippen LogP contribution in [0.5, 0.6) is 17.2 Å². The molecule has 0 unspecified atom stereocenters. The molecule has 0 fully saturated rings. The standard InChI is InChI=1S/C37H58INO4/c1-4-7-10-13-16-22-27-41-33-30-32(39-37(40)31-25-20-19-21-26-31)35(42-28-23-17-14-11-8-5-2)36(34(33)38)43-29-24-18-15-12-9-6-3/h19-21,25-26,30H,4-18,22-24,27-29H2,1-3H3,(H,39,40). The van der Waals surface area contributed by atoms with Crippen molar-refractivity contribution >= 4 is 34.2 Å². The van der Waals surface area contributed by atoms with E-state index in [0.29, 0.717) is 42.6 Å². The van der Waals surface area contributed by atoms with Crippen molar-refractivity contribution in [2.24, 2.45) is 0 Å². The third-order valence-corrected chi connectivity index (χ3v) is 8.69. The van der Waals surface area contributed by atoms with Crippen LogP contribution in [-0.4, -0.2) is 25.7 Å². The summed E-state index contributed by atoms with van der Waals surface area (Å²) in [5.74, 6) is 1.86. The topological polar surface area (TPSA) is 56.8 Å². The minimum Gasteiger partial charge on any atom is -0.492 e. The number of rotatable bonds is 26. The van der Waals surface area contributed by atoms with Gasteiger partial charge in [-0.05, 0) is 54.0 Å². The van der Waals surface area contributed by atoms with Gasteiger partial charge in [0.05, 0.1) is 25.5 Å². The van der Waals surface area contributed by atoms with Gasteiger partial charge in [-0.2, -0.15) is 0 Å². The van der Waals surface area contributed by atoms with Gasteiger partial charge < -0.3 is 19.5 Å². The molecule has 1 amide bonds. The van der Waals surface area contributed by atoms with Gasteiger partial charge in [-0.15, -0.1) is 0 Å². The highest BCUT2D eigenvalue weighted by Crippen LogP contribution is 2.45. The van der Waals surface area contributed by atoms with E-state index in [9.17, 15) is 4.79 Å². The van der Waals surface area contributed by atoms with Crippen molar-refractivity contribution in [1.82, 2.24) is 0 Å². The number of halogens is 1. The molecule has 0 saturated carbocycles. The lowest BCUT2D eigenvalue weighted by atomic mass is 10.1. The monoisotopic (exact) mass is 707 g/mol. The fraction of sp³-hybridized carbons (Fsp3) is 0.649. The molecule has 2 aromatic rings. The number of carbonyl (C=O) groups is 1. The Balaban J connectivity index is 2.24. The lowest BCUT2D eigenvalue weighted by Gasteiger charge is -2.21. The molecule has 0 aliphatic carbocycles. The molecule has 5 nitrogen and oxygen atoms in total. The minimum absolute atomic E-state index is 0.171. The van der Waals surface area contributed by atoms with Gasteiger partial charge >= 0.3 is 0 Å². The molecule has 242 valence electrons. The molecular weight excluding hydrogens is 649 g/mol. The summed E-state index contributed by atoms with van der Waals surface area (Å²) in [6, 6.07) is 11.2.